The van der Waals surface area contributed by atoms with E-state index in [-0.39, 0.29) is 11.2 Å². The molecule has 0 saturated carbocycles. The number of halogens is 1. The molecule has 3 heterocycles. The van der Waals surface area contributed by atoms with E-state index < -0.39 is 0 Å². The van der Waals surface area contributed by atoms with Crippen LogP contribution in [0.1, 0.15) is 44.6 Å². The Morgan fingerprint density at radius 1 is 1.11 bits per heavy atom. The van der Waals surface area contributed by atoms with Gasteiger partial charge in [-0.25, -0.2) is 4.39 Å². The Balaban J connectivity index is 1.33. The van der Waals surface area contributed by atoms with Crippen molar-refractivity contribution in [2.24, 2.45) is 0 Å². The van der Waals surface area contributed by atoms with Crippen molar-refractivity contribution in [1.82, 2.24) is 15.3 Å². The second-order valence-electron chi connectivity index (χ2n) is 10.0. The minimum absolute atomic E-state index is 0.203. The Hall–Kier alpha value is -3.30. The Morgan fingerprint density at radius 3 is 2.61 bits per heavy atom. The summed E-state index contributed by atoms with van der Waals surface area (Å²) in [4.78, 5) is 11.7. The zero-order chi connectivity index (χ0) is 26.4. The first kappa shape index (κ1) is 26.3. The number of thiocarbonyl (C=S) groups is 1. The van der Waals surface area contributed by atoms with E-state index in [4.69, 9.17) is 26.7 Å². The van der Waals surface area contributed by atoms with E-state index >= 15 is 0 Å². The number of nitrogens with one attached hydrogen (secondary N) is 2. The number of aromatic nitrogens is 2. The fraction of sp³-hybridized carbons (Fsp3) is 0.414. The van der Waals surface area contributed by atoms with Crippen molar-refractivity contribution in [2.45, 2.75) is 50.5 Å². The molecule has 0 amide bonds. The van der Waals surface area contributed by atoms with Crippen molar-refractivity contribution in [1.29, 1.82) is 0 Å². The minimum Gasteiger partial charge on any atom is -0.439 e. The van der Waals surface area contributed by atoms with Crippen molar-refractivity contribution >= 4 is 29.1 Å². The lowest BCUT2D eigenvalue weighted by molar-refractivity contribution is 0.0515. The van der Waals surface area contributed by atoms with Crippen LogP contribution in [0.3, 0.4) is 0 Å². The summed E-state index contributed by atoms with van der Waals surface area (Å²) in [5, 5.41) is 6.97. The summed E-state index contributed by atoms with van der Waals surface area (Å²) in [6, 6.07) is 18.6. The highest BCUT2D eigenvalue weighted by Gasteiger charge is 2.34. The molecule has 0 aliphatic carbocycles. The zero-order valence-electron chi connectivity index (χ0n) is 21.7. The highest BCUT2D eigenvalue weighted by Crippen LogP contribution is 2.34. The van der Waals surface area contributed by atoms with E-state index in [1.165, 1.54) is 18.6 Å². The van der Waals surface area contributed by atoms with Crippen molar-refractivity contribution in [3.05, 3.63) is 72.0 Å². The molecule has 2 saturated heterocycles. The molecule has 1 aromatic heterocycles. The number of ether oxygens (including phenoxy) is 2. The SMILES string of the molecule is C[C@H]1CCCCN1c1cc(Oc2ccccc2)nc(NC(=S)NCC2(c3ccc(F)cc3)CCOCC2)n1. The van der Waals surface area contributed by atoms with Gasteiger partial charge in [-0.3, -0.25) is 0 Å². The summed E-state index contributed by atoms with van der Waals surface area (Å²) in [5.74, 6) is 2.12. The van der Waals surface area contributed by atoms with E-state index in [1.54, 1.807) is 0 Å². The number of hydrogen-bond donors (Lipinski definition) is 2. The molecule has 5 rings (SSSR count). The topological polar surface area (TPSA) is 71.5 Å². The number of piperidine rings is 1. The van der Waals surface area contributed by atoms with Gasteiger partial charge < -0.3 is 25.0 Å². The number of rotatable bonds is 7. The molecule has 2 aromatic carbocycles. The van der Waals surface area contributed by atoms with Gasteiger partial charge in [0, 0.05) is 43.8 Å². The van der Waals surface area contributed by atoms with Gasteiger partial charge in [-0.15, -0.1) is 0 Å². The van der Waals surface area contributed by atoms with Crippen molar-refractivity contribution in [3.8, 4) is 11.6 Å². The fourth-order valence-electron chi connectivity index (χ4n) is 5.24. The number of anilines is 2. The summed E-state index contributed by atoms with van der Waals surface area (Å²) >= 11 is 5.67. The predicted octanol–water partition coefficient (Wildman–Crippen LogP) is 5.82. The van der Waals surface area contributed by atoms with Crippen molar-refractivity contribution in [2.75, 3.05) is 36.5 Å². The Kier molecular flexibility index (Phi) is 8.34. The second kappa shape index (κ2) is 12.0. The Labute approximate surface area is 228 Å². The monoisotopic (exact) mass is 535 g/mol. The van der Waals surface area contributed by atoms with E-state index in [2.05, 4.69) is 27.4 Å². The van der Waals surface area contributed by atoms with Crippen LogP contribution in [0.5, 0.6) is 11.6 Å². The van der Waals surface area contributed by atoms with Crippen LogP contribution >= 0.6 is 12.2 Å². The van der Waals surface area contributed by atoms with Crippen LogP contribution in [0.2, 0.25) is 0 Å². The van der Waals surface area contributed by atoms with Crippen LogP contribution in [0.15, 0.2) is 60.7 Å². The second-order valence-corrected chi connectivity index (χ2v) is 10.5. The van der Waals surface area contributed by atoms with E-state index in [0.717, 1.165) is 43.6 Å². The summed E-state index contributed by atoms with van der Waals surface area (Å²) in [6.45, 7) is 5.05. The molecule has 2 fully saturated rings. The van der Waals surface area contributed by atoms with Gasteiger partial charge in [0.1, 0.15) is 17.4 Å². The van der Waals surface area contributed by atoms with E-state index in [0.29, 0.717) is 48.5 Å². The molecule has 3 aromatic rings. The predicted molar refractivity (Wildman–Crippen MR) is 152 cm³/mol. The first-order valence-corrected chi connectivity index (χ1v) is 13.7. The Bertz CT molecular complexity index is 1220. The average molecular weight is 536 g/mol. The van der Waals surface area contributed by atoms with Gasteiger partial charge in [0.15, 0.2) is 5.11 Å². The van der Waals surface area contributed by atoms with Gasteiger partial charge in [0.2, 0.25) is 11.8 Å². The highest BCUT2D eigenvalue weighted by molar-refractivity contribution is 7.80. The van der Waals surface area contributed by atoms with Gasteiger partial charge in [-0.2, -0.15) is 9.97 Å². The summed E-state index contributed by atoms with van der Waals surface area (Å²) in [5.41, 5.74) is 0.874. The molecule has 0 bridgehead atoms. The molecular weight excluding hydrogens is 501 g/mol. The molecule has 9 heteroatoms. The highest BCUT2D eigenvalue weighted by atomic mass is 32.1. The summed E-state index contributed by atoms with van der Waals surface area (Å²) in [7, 11) is 0. The lowest BCUT2D eigenvalue weighted by Gasteiger charge is -2.38. The molecule has 200 valence electrons. The molecule has 7 nitrogen and oxygen atoms in total. The first-order chi connectivity index (χ1) is 18.5. The molecular formula is C29H34FN5O2S. The van der Waals surface area contributed by atoms with Gasteiger partial charge >= 0.3 is 0 Å². The van der Waals surface area contributed by atoms with E-state index in [9.17, 15) is 4.39 Å². The lowest BCUT2D eigenvalue weighted by atomic mass is 9.74. The maximum Gasteiger partial charge on any atom is 0.234 e. The lowest BCUT2D eigenvalue weighted by Crippen LogP contribution is -2.45. The van der Waals surface area contributed by atoms with Crippen molar-refractivity contribution in [3.63, 3.8) is 0 Å². The normalized spacial score (nSPS) is 19.0. The Morgan fingerprint density at radius 2 is 1.87 bits per heavy atom. The van der Waals surface area contributed by atoms with Gasteiger partial charge in [0.25, 0.3) is 0 Å². The van der Waals surface area contributed by atoms with Gasteiger partial charge in [-0.05, 0) is 81.1 Å². The first-order valence-electron chi connectivity index (χ1n) is 13.3. The fourth-order valence-corrected chi connectivity index (χ4v) is 5.41. The van der Waals surface area contributed by atoms with Crippen LogP contribution in [-0.4, -0.2) is 47.4 Å². The van der Waals surface area contributed by atoms with Gasteiger partial charge in [0.05, 0.1) is 0 Å². The maximum absolute atomic E-state index is 13.6. The summed E-state index contributed by atoms with van der Waals surface area (Å²) < 4.78 is 25.3. The minimum atomic E-state index is -0.241. The third kappa shape index (κ3) is 6.39. The molecule has 2 aliphatic rings. The number of para-hydroxylation sites is 1. The van der Waals surface area contributed by atoms with Gasteiger partial charge in [-0.1, -0.05) is 30.3 Å². The maximum atomic E-state index is 13.6. The number of benzene rings is 2. The third-order valence-electron chi connectivity index (χ3n) is 7.47. The third-order valence-corrected chi connectivity index (χ3v) is 7.72. The number of nitrogens with zero attached hydrogens (tertiary/aromatic N) is 3. The summed E-state index contributed by atoms with van der Waals surface area (Å²) in [6.07, 6.45) is 5.11. The standard InChI is InChI=1S/C29H34FN5O2S/c1-21-7-5-6-16-35(21)25-19-26(37-24-8-3-2-4-9-24)33-27(32-25)34-28(38)31-20-29(14-17-36-18-15-29)22-10-12-23(30)13-11-22/h2-4,8-13,19,21H,5-7,14-18,20H2,1H3,(H2,31,32,33,34,38)/t21-/m0/s1. The quantitative estimate of drug-likeness (QED) is 0.367. The van der Waals surface area contributed by atoms with Crippen molar-refractivity contribution < 1.29 is 13.9 Å². The van der Waals surface area contributed by atoms with Crippen LogP contribution in [-0.2, 0) is 10.2 Å². The molecule has 2 N–H and O–H groups in total. The largest absolute Gasteiger partial charge is 0.439 e. The smallest absolute Gasteiger partial charge is 0.234 e. The van der Waals surface area contributed by atoms with Crippen LogP contribution in [0.25, 0.3) is 0 Å². The van der Waals surface area contributed by atoms with Crippen LogP contribution in [0.4, 0.5) is 16.2 Å². The number of hydrogen-bond acceptors (Lipinski definition) is 6. The average Bonchev–Trinajstić information content (AvgIpc) is 2.93. The molecule has 0 unspecified atom stereocenters. The van der Waals surface area contributed by atoms with Crippen LogP contribution < -0.4 is 20.3 Å². The van der Waals surface area contributed by atoms with Crippen LogP contribution in [0, 0.1) is 5.82 Å². The molecule has 0 radical (unpaired) electrons. The zero-order valence-corrected chi connectivity index (χ0v) is 22.5. The molecule has 2 aliphatic heterocycles. The van der Waals surface area contributed by atoms with E-state index in [1.807, 2.05) is 48.5 Å². The molecule has 1 atom stereocenters. The molecule has 38 heavy (non-hydrogen) atoms. The molecule has 0 spiro atoms.